The summed E-state index contributed by atoms with van der Waals surface area (Å²) in [6, 6.07) is 0. The number of carbonyl (C=O) groups excluding carboxylic acids is 2. The van der Waals surface area contributed by atoms with E-state index in [1.807, 2.05) is 0 Å². The third-order valence-electron chi connectivity index (χ3n) is 1.82. The van der Waals surface area contributed by atoms with Gasteiger partial charge in [-0.1, -0.05) is 0 Å². The topological polar surface area (TPSA) is 76.7 Å². The van der Waals surface area contributed by atoms with E-state index in [2.05, 4.69) is 10.6 Å². The van der Waals surface area contributed by atoms with Crippen molar-refractivity contribution in [1.29, 1.82) is 0 Å². The Bertz CT molecular complexity index is 200. The van der Waals surface area contributed by atoms with Crippen LogP contribution >= 0.6 is 0 Å². The lowest BCUT2D eigenvalue weighted by Crippen LogP contribution is -2.25. The predicted molar refractivity (Wildman–Crippen MR) is 63.6 cm³/mol. The van der Waals surface area contributed by atoms with Gasteiger partial charge in [0.25, 0.3) is 0 Å². The molecule has 0 aromatic carbocycles. The Morgan fingerprint density at radius 3 is 1.59 bits per heavy atom. The lowest BCUT2D eigenvalue weighted by atomic mass is 10.5. The number of nitrogens with one attached hydrogen (secondary N) is 2. The number of rotatable bonds is 10. The first-order chi connectivity index (χ1) is 8.13. The monoisotopic (exact) mass is 246 g/mol. The van der Waals surface area contributed by atoms with Crippen LogP contribution in [0, 0.1) is 0 Å². The molecule has 100 valence electrons. The molecule has 0 bridgehead atoms. The van der Waals surface area contributed by atoms with Gasteiger partial charge in [0, 0.05) is 40.2 Å². The second kappa shape index (κ2) is 11.3. The summed E-state index contributed by atoms with van der Waals surface area (Å²) in [6.45, 7) is 6.29. The second-order valence-electron chi connectivity index (χ2n) is 3.54. The van der Waals surface area contributed by atoms with E-state index in [0.717, 1.165) is 6.42 Å². The van der Waals surface area contributed by atoms with Crippen LogP contribution in [0.3, 0.4) is 0 Å². The van der Waals surface area contributed by atoms with Crippen LogP contribution in [-0.4, -0.2) is 51.3 Å². The fourth-order valence-corrected chi connectivity index (χ4v) is 1.07. The van der Waals surface area contributed by atoms with Gasteiger partial charge in [0.05, 0.1) is 13.2 Å². The first-order valence-corrected chi connectivity index (χ1v) is 5.77. The van der Waals surface area contributed by atoms with E-state index >= 15 is 0 Å². The van der Waals surface area contributed by atoms with E-state index in [1.54, 1.807) is 0 Å². The van der Waals surface area contributed by atoms with Crippen molar-refractivity contribution in [2.24, 2.45) is 0 Å². The summed E-state index contributed by atoms with van der Waals surface area (Å²) in [5.74, 6) is -0.0928. The van der Waals surface area contributed by atoms with Crippen molar-refractivity contribution in [2.45, 2.75) is 20.3 Å². The average molecular weight is 246 g/mol. The molecule has 6 nitrogen and oxygen atoms in total. The first-order valence-electron chi connectivity index (χ1n) is 5.77. The molecule has 0 aliphatic carbocycles. The average Bonchev–Trinajstić information content (AvgIpc) is 2.25. The van der Waals surface area contributed by atoms with Crippen molar-refractivity contribution in [3.05, 3.63) is 0 Å². The summed E-state index contributed by atoms with van der Waals surface area (Å²) < 4.78 is 10.5. The Balaban J connectivity index is 2.98. The molecule has 0 spiro atoms. The Labute approximate surface area is 102 Å². The van der Waals surface area contributed by atoms with Gasteiger partial charge in [-0.05, 0) is 6.42 Å². The minimum absolute atomic E-state index is 0.0464. The van der Waals surface area contributed by atoms with Gasteiger partial charge in [0.2, 0.25) is 11.8 Å². The van der Waals surface area contributed by atoms with E-state index in [1.165, 1.54) is 13.8 Å². The van der Waals surface area contributed by atoms with Crippen LogP contribution in [0.1, 0.15) is 20.3 Å². The van der Waals surface area contributed by atoms with Crippen molar-refractivity contribution >= 4 is 11.8 Å². The lowest BCUT2D eigenvalue weighted by molar-refractivity contribution is -0.120. The Morgan fingerprint density at radius 1 is 0.824 bits per heavy atom. The van der Waals surface area contributed by atoms with Gasteiger partial charge in [0.1, 0.15) is 0 Å². The number of carbonyl (C=O) groups is 2. The summed E-state index contributed by atoms with van der Waals surface area (Å²) in [7, 11) is 0. The summed E-state index contributed by atoms with van der Waals surface area (Å²) in [5, 5.41) is 5.28. The van der Waals surface area contributed by atoms with Crippen LogP contribution in [0.2, 0.25) is 0 Å². The smallest absolute Gasteiger partial charge is 0.216 e. The summed E-state index contributed by atoms with van der Waals surface area (Å²) in [6.07, 6.45) is 0.806. The molecule has 0 saturated heterocycles. The molecule has 6 heteroatoms. The molecule has 17 heavy (non-hydrogen) atoms. The van der Waals surface area contributed by atoms with Crippen LogP contribution < -0.4 is 10.6 Å². The molecule has 0 rings (SSSR count). The molecular formula is C11H22N2O4. The summed E-state index contributed by atoms with van der Waals surface area (Å²) in [5.41, 5.74) is 0. The minimum atomic E-state index is -0.0464. The third-order valence-corrected chi connectivity index (χ3v) is 1.82. The zero-order valence-corrected chi connectivity index (χ0v) is 10.6. The van der Waals surface area contributed by atoms with Gasteiger partial charge >= 0.3 is 0 Å². The van der Waals surface area contributed by atoms with E-state index in [9.17, 15) is 9.59 Å². The summed E-state index contributed by atoms with van der Waals surface area (Å²) in [4.78, 5) is 21.0. The van der Waals surface area contributed by atoms with Gasteiger partial charge in [-0.25, -0.2) is 0 Å². The Morgan fingerprint density at radius 2 is 1.24 bits per heavy atom. The van der Waals surface area contributed by atoms with E-state index in [0.29, 0.717) is 39.5 Å². The lowest BCUT2D eigenvalue weighted by Gasteiger charge is -2.06. The molecule has 0 unspecified atom stereocenters. The van der Waals surface area contributed by atoms with Crippen LogP contribution in [-0.2, 0) is 19.1 Å². The number of ether oxygens (including phenoxy) is 2. The molecule has 0 heterocycles. The highest BCUT2D eigenvalue weighted by atomic mass is 16.5. The number of hydrogen-bond acceptors (Lipinski definition) is 4. The van der Waals surface area contributed by atoms with E-state index < -0.39 is 0 Å². The minimum Gasteiger partial charge on any atom is -0.380 e. The molecule has 0 aliphatic heterocycles. The molecule has 0 aromatic heterocycles. The molecule has 0 saturated carbocycles. The first kappa shape index (κ1) is 15.9. The highest BCUT2D eigenvalue weighted by Crippen LogP contribution is 1.84. The quantitative estimate of drug-likeness (QED) is 0.518. The van der Waals surface area contributed by atoms with Crippen LogP contribution in [0.15, 0.2) is 0 Å². The van der Waals surface area contributed by atoms with Gasteiger partial charge in [-0.15, -0.1) is 0 Å². The molecule has 2 amide bonds. The molecule has 2 N–H and O–H groups in total. The largest absolute Gasteiger partial charge is 0.380 e. The molecule has 0 aliphatic rings. The van der Waals surface area contributed by atoms with Crippen LogP contribution in [0.4, 0.5) is 0 Å². The molecular weight excluding hydrogens is 224 g/mol. The van der Waals surface area contributed by atoms with Gasteiger partial charge in [0.15, 0.2) is 0 Å². The zero-order chi connectivity index (χ0) is 12.9. The van der Waals surface area contributed by atoms with Crippen molar-refractivity contribution in [3.63, 3.8) is 0 Å². The molecule has 0 atom stereocenters. The van der Waals surface area contributed by atoms with E-state index in [-0.39, 0.29) is 11.8 Å². The molecule has 0 aromatic rings. The van der Waals surface area contributed by atoms with Crippen molar-refractivity contribution in [2.75, 3.05) is 39.5 Å². The standard InChI is InChI=1S/C11H22N2O4/c1-10(14)12-4-8-16-6-3-7-17-9-5-13-11(2)15/h3-9H2,1-2H3,(H,12,14)(H,13,15). The fraction of sp³-hybridized carbons (Fsp3) is 0.818. The van der Waals surface area contributed by atoms with E-state index in [4.69, 9.17) is 9.47 Å². The van der Waals surface area contributed by atoms with Crippen molar-refractivity contribution in [3.8, 4) is 0 Å². The number of amides is 2. The molecule has 0 fully saturated rings. The van der Waals surface area contributed by atoms with Crippen molar-refractivity contribution < 1.29 is 19.1 Å². The van der Waals surface area contributed by atoms with Gasteiger partial charge in [-0.2, -0.15) is 0 Å². The van der Waals surface area contributed by atoms with Gasteiger partial charge in [-0.3, -0.25) is 9.59 Å². The second-order valence-corrected chi connectivity index (χ2v) is 3.54. The molecule has 0 radical (unpaired) electrons. The summed E-state index contributed by atoms with van der Waals surface area (Å²) >= 11 is 0. The Kier molecular flexibility index (Phi) is 10.6. The maximum absolute atomic E-state index is 10.5. The predicted octanol–water partition coefficient (Wildman–Crippen LogP) is -0.318. The highest BCUT2D eigenvalue weighted by molar-refractivity contribution is 5.73. The van der Waals surface area contributed by atoms with Crippen LogP contribution in [0.5, 0.6) is 0 Å². The van der Waals surface area contributed by atoms with Crippen molar-refractivity contribution in [1.82, 2.24) is 10.6 Å². The maximum Gasteiger partial charge on any atom is 0.216 e. The maximum atomic E-state index is 10.5. The highest BCUT2D eigenvalue weighted by Gasteiger charge is 1.93. The SMILES string of the molecule is CC(=O)NCCOCCCOCCNC(C)=O. The van der Waals surface area contributed by atoms with Crippen LogP contribution in [0.25, 0.3) is 0 Å². The normalized spacial score (nSPS) is 10.0. The third kappa shape index (κ3) is 14.9. The van der Waals surface area contributed by atoms with Gasteiger partial charge < -0.3 is 20.1 Å². The zero-order valence-electron chi connectivity index (χ0n) is 10.6. The number of hydrogen-bond donors (Lipinski definition) is 2. The Hall–Kier alpha value is -1.14. The fourth-order valence-electron chi connectivity index (χ4n) is 1.07.